The number of hydrogen-bond donors (Lipinski definition) is 3. The second-order valence-corrected chi connectivity index (χ2v) is 9.91. The second kappa shape index (κ2) is 10.7. The van der Waals surface area contributed by atoms with Gasteiger partial charge in [-0.2, -0.15) is 13.2 Å². The van der Waals surface area contributed by atoms with Crippen molar-refractivity contribution in [3.05, 3.63) is 71.3 Å². The Kier molecular flexibility index (Phi) is 7.82. The number of benzene rings is 2. The summed E-state index contributed by atoms with van der Waals surface area (Å²) in [6, 6.07) is 13.9. The lowest BCUT2D eigenvalue weighted by Crippen LogP contribution is -2.42. The molecule has 1 saturated carbocycles. The smallest absolute Gasteiger partial charge is 0.391 e. The number of amides is 1. The first-order valence-electron chi connectivity index (χ1n) is 12.2. The van der Waals surface area contributed by atoms with E-state index in [1.807, 2.05) is 30.3 Å². The highest BCUT2D eigenvalue weighted by molar-refractivity contribution is 5.96. The lowest BCUT2D eigenvalue weighted by Gasteiger charge is -2.40. The Hall–Kier alpha value is -2.75. The van der Waals surface area contributed by atoms with Gasteiger partial charge in [-0.25, -0.2) is 0 Å². The molecule has 1 aliphatic heterocycles. The SMILES string of the molecule is O=C(CNC(=O)c1cccc(C(F)(F)F)c1)CC1CN(C2CCC(O)(c3ccccc3)CC2)C[C@@H]1O. The van der Waals surface area contributed by atoms with Crippen LogP contribution in [0.1, 0.15) is 53.6 Å². The van der Waals surface area contributed by atoms with Crippen LogP contribution >= 0.6 is 0 Å². The van der Waals surface area contributed by atoms with Gasteiger partial charge in [0.25, 0.3) is 5.91 Å². The molecule has 1 aliphatic carbocycles. The summed E-state index contributed by atoms with van der Waals surface area (Å²) in [6.45, 7) is 0.678. The first kappa shape index (κ1) is 26.3. The van der Waals surface area contributed by atoms with Crippen LogP contribution in [0.4, 0.5) is 13.2 Å². The fraction of sp³-hybridized carbons (Fsp3) is 0.481. The van der Waals surface area contributed by atoms with Crippen LogP contribution in [0.5, 0.6) is 0 Å². The molecule has 0 aromatic heterocycles. The molecule has 2 fully saturated rings. The zero-order valence-corrected chi connectivity index (χ0v) is 19.9. The summed E-state index contributed by atoms with van der Waals surface area (Å²) >= 11 is 0. The molecule has 36 heavy (non-hydrogen) atoms. The second-order valence-electron chi connectivity index (χ2n) is 9.91. The number of nitrogens with zero attached hydrogens (tertiary/aromatic N) is 1. The van der Waals surface area contributed by atoms with E-state index in [4.69, 9.17) is 0 Å². The number of carbonyl (C=O) groups excluding carboxylic acids is 2. The number of likely N-dealkylation sites (tertiary alicyclic amines) is 1. The van der Waals surface area contributed by atoms with E-state index in [-0.39, 0.29) is 36.3 Å². The fourth-order valence-corrected chi connectivity index (χ4v) is 5.35. The van der Waals surface area contributed by atoms with E-state index >= 15 is 0 Å². The van der Waals surface area contributed by atoms with Gasteiger partial charge < -0.3 is 15.5 Å². The molecule has 4 rings (SSSR count). The highest BCUT2D eigenvalue weighted by Gasteiger charge is 2.41. The summed E-state index contributed by atoms with van der Waals surface area (Å²) in [5, 5.41) is 24.0. The predicted octanol–water partition coefficient (Wildman–Crippen LogP) is 3.52. The normalized spacial score (nSPS) is 27.1. The molecule has 2 aromatic carbocycles. The molecule has 0 bridgehead atoms. The molecule has 1 unspecified atom stereocenters. The molecule has 1 amide bonds. The summed E-state index contributed by atoms with van der Waals surface area (Å²) in [7, 11) is 0. The van der Waals surface area contributed by atoms with Crippen LogP contribution in [0.2, 0.25) is 0 Å². The van der Waals surface area contributed by atoms with Crippen LogP contribution < -0.4 is 5.32 Å². The van der Waals surface area contributed by atoms with Gasteiger partial charge >= 0.3 is 6.18 Å². The molecule has 0 spiro atoms. The van der Waals surface area contributed by atoms with E-state index in [1.54, 1.807) is 0 Å². The molecule has 2 aliphatic rings. The largest absolute Gasteiger partial charge is 0.416 e. The number of Topliss-reactive ketones (excluding diaryl/α,β-unsaturated/α-hetero) is 1. The number of aliphatic hydroxyl groups is 2. The van der Waals surface area contributed by atoms with Crippen LogP contribution in [0, 0.1) is 5.92 Å². The first-order chi connectivity index (χ1) is 17.0. The van der Waals surface area contributed by atoms with Crippen molar-refractivity contribution in [1.29, 1.82) is 0 Å². The van der Waals surface area contributed by atoms with E-state index in [1.165, 1.54) is 6.07 Å². The van der Waals surface area contributed by atoms with E-state index < -0.39 is 29.4 Å². The average Bonchev–Trinajstić information content (AvgIpc) is 3.22. The maximum absolute atomic E-state index is 12.9. The summed E-state index contributed by atoms with van der Waals surface area (Å²) in [5.41, 5.74) is -1.03. The van der Waals surface area contributed by atoms with E-state index in [9.17, 15) is 33.0 Å². The van der Waals surface area contributed by atoms with Gasteiger partial charge in [0.15, 0.2) is 5.78 Å². The van der Waals surface area contributed by atoms with Crippen molar-refractivity contribution >= 4 is 11.7 Å². The van der Waals surface area contributed by atoms with Crippen molar-refractivity contribution < 1.29 is 33.0 Å². The third-order valence-electron chi connectivity index (χ3n) is 7.43. The number of nitrogens with one attached hydrogen (secondary N) is 1. The van der Waals surface area contributed by atoms with Crippen LogP contribution in [-0.4, -0.2) is 58.6 Å². The lowest BCUT2D eigenvalue weighted by atomic mass is 9.77. The number of β-amino-alcohol motifs (C(OH)–C–C–N with tert-alkyl or cyclic N) is 1. The van der Waals surface area contributed by atoms with Crippen molar-refractivity contribution in [2.45, 2.75) is 56.0 Å². The molecule has 1 saturated heterocycles. The zero-order chi connectivity index (χ0) is 25.9. The minimum atomic E-state index is -4.56. The molecule has 3 N–H and O–H groups in total. The number of halogens is 3. The van der Waals surface area contributed by atoms with E-state index in [2.05, 4.69) is 10.2 Å². The Morgan fingerprint density at radius 2 is 1.72 bits per heavy atom. The van der Waals surface area contributed by atoms with Crippen molar-refractivity contribution in [2.75, 3.05) is 19.6 Å². The standard InChI is InChI=1S/C27H31F3N2O4/c28-27(29,30)21-8-4-5-18(13-21)25(35)31-15-23(33)14-19-16-32(17-24(19)34)22-9-11-26(36,12-10-22)20-6-2-1-3-7-20/h1-8,13,19,22,24,34,36H,9-12,14-17H2,(H,31,35)/t19?,22?,24-,26?/m0/s1. The zero-order valence-electron chi connectivity index (χ0n) is 19.9. The number of rotatable bonds is 7. The van der Waals surface area contributed by atoms with Crippen molar-refractivity contribution in [3.63, 3.8) is 0 Å². The molecular formula is C27H31F3N2O4. The molecular weight excluding hydrogens is 473 g/mol. The Morgan fingerprint density at radius 3 is 2.39 bits per heavy atom. The van der Waals surface area contributed by atoms with Crippen LogP contribution in [0.25, 0.3) is 0 Å². The van der Waals surface area contributed by atoms with Gasteiger partial charge in [-0.1, -0.05) is 36.4 Å². The summed E-state index contributed by atoms with van der Waals surface area (Å²) in [4.78, 5) is 26.9. The topological polar surface area (TPSA) is 89.9 Å². The number of carbonyl (C=O) groups is 2. The third-order valence-corrected chi connectivity index (χ3v) is 7.43. The maximum atomic E-state index is 12.9. The number of ketones is 1. The van der Waals surface area contributed by atoms with Gasteiger partial charge in [0.05, 0.1) is 23.8 Å². The van der Waals surface area contributed by atoms with Gasteiger partial charge in [-0.15, -0.1) is 0 Å². The Morgan fingerprint density at radius 1 is 1.03 bits per heavy atom. The minimum absolute atomic E-state index is 0.0706. The molecule has 6 nitrogen and oxygen atoms in total. The number of hydrogen-bond acceptors (Lipinski definition) is 5. The Balaban J connectivity index is 1.25. The molecule has 2 atom stereocenters. The molecule has 0 radical (unpaired) electrons. The molecule has 9 heteroatoms. The highest BCUT2D eigenvalue weighted by Crippen LogP contribution is 2.40. The number of alkyl halides is 3. The van der Waals surface area contributed by atoms with Crippen molar-refractivity contribution in [1.82, 2.24) is 10.2 Å². The highest BCUT2D eigenvalue weighted by atomic mass is 19.4. The summed E-state index contributed by atoms with van der Waals surface area (Å²) < 4.78 is 38.6. The van der Waals surface area contributed by atoms with Gasteiger partial charge in [0.2, 0.25) is 0 Å². The van der Waals surface area contributed by atoms with Crippen LogP contribution in [0.15, 0.2) is 54.6 Å². The van der Waals surface area contributed by atoms with Crippen LogP contribution in [0.3, 0.4) is 0 Å². The molecule has 2 aromatic rings. The van der Waals surface area contributed by atoms with E-state index in [0.29, 0.717) is 25.9 Å². The average molecular weight is 505 g/mol. The first-order valence-corrected chi connectivity index (χ1v) is 12.2. The fourth-order valence-electron chi connectivity index (χ4n) is 5.35. The summed E-state index contributed by atoms with van der Waals surface area (Å²) in [5.74, 6) is -1.32. The monoisotopic (exact) mass is 504 g/mol. The maximum Gasteiger partial charge on any atom is 0.416 e. The predicted molar refractivity (Wildman–Crippen MR) is 127 cm³/mol. The van der Waals surface area contributed by atoms with Crippen molar-refractivity contribution in [3.8, 4) is 0 Å². The van der Waals surface area contributed by atoms with Crippen LogP contribution in [-0.2, 0) is 16.6 Å². The number of aliphatic hydroxyl groups excluding tert-OH is 1. The lowest BCUT2D eigenvalue weighted by molar-refractivity contribution is -0.137. The minimum Gasteiger partial charge on any atom is -0.391 e. The Bertz CT molecular complexity index is 1070. The van der Waals surface area contributed by atoms with E-state index in [0.717, 1.165) is 36.6 Å². The Labute approximate surface area is 208 Å². The van der Waals surface area contributed by atoms with Crippen molar-refractivity contribution in [2.24, 2.45) is 5.92 Å². The van der Waals surface area contributed by atoms with Gasteiger partial charge in [-0.3, -0.25) is 14.5 Å². The van der Waals surface area contributed by atoms with Gasteiger partial charge in [0.1, 0.15) is 0 Å². The van der Waals surface area contributed by atoms with Gasteiger partial charge in [-0.05, 0) is 49.4 Å². The third kappa shape index (κ3) is 6.14. The summed E-state index contributed by atoms with van der Waals surface area (Å²) in [6.07, 6.45) is -2.35. The molecule has 194 valence electrons. The quantitative estimate of drug-likeness (QED) is 0.537. The molecule has 1 heterocycles. The van der Waals surface area contributed by atoms with Gasteiger partial charge in [0, 0.05) is 37.0 Å².